The van der Waals surface area contributed by atoms with E-state index in [1.54, 1.807) is 13.0 Å². The molecular weight excluding hydrogens is 269 g/mol. The molecule has 0 bridgehead atoms. The average molecular weight is 280 g/mol. The third-order valence-corrected chi connectivity index (χ3v) is 2.95. The number of aryl methyl sites for hydroxylation is 1. The molecule has 0 amide bonds. The molecule has 0 heterocycles. The maximum absolute atomic E-state index is 13.6. The molecule has 0 fully saturated rings. The van der Waals surface area contributed by atoms with Gasteiger partial charge in [0.15, 0.2) is 23.2 Å². The van der Waals surface area contributed by atoms with Crippen LogP contribution in [0.1, 0.15) is 21.5 Å². The van der Waals surface area contributed by atoms with Crippen molar-refractivity contribution >= 4 is 5.78 Å². The standard InChI is InChI=1S/C15H11F3O2/c1-8-3-4-9(7-12(8)20-2)15(19)10-5-6-11(16)14(18)13(10)17/h3-7H,1-2H3. The SMILES string of the molecule is COc1cc(C(=O)c2ccc(F)c(F)c2F)ccc1C. The Labute approximate surface area is 113 Å². The minimum Gasteiger partial charge on any atom is -0.496 e. The van der Waals surface area contributed by atoms with E-state index < -0.39 is 28.8 Å². The Bertz CT molecular complexity index is 681. The van der Waals surface area contributed by atoms with Crippen LogP contribution < -0.4 is 4.74 Å². The highest BCUT2D eigenvalue weighted by atomic mass is 19.2. The van der Waals surface area contributed by atoms with Crippen molar-refractivity contribution in [1.82, 2.24) is 0 Å². The van der Waals surface area contributed by atoms with Crippen molar-refractivity contribution < 1.29 is 22.7 Å². The number of ketones is 1. The first-order valence-electron chi connectivity index (χ1n) is 5.78. The maximum atomic E-state index is 13.6. The van der Waals surface area contributed by atoms with Gasteiger partial charge in [-0.25, -0.2) is 13.2 Å². The Morgan fingerprint density at radius 3 is 2.40 bits per heavy atom. The number of carbonyl (C=O) groups excluding carboxylic acids is 1. The van der Waals surface area contributed by atoms with Crippen molar-refractivity contribution in [2.75, 3.05) is 7.11 Å². The summed E-state index contributed by atoms with van der Waals surface area (Å²) in [6.45, 7) is 1.78. The van der Waals surface area contributed by atoms with Gasteiger partial charge in [0.25, 0.3) is 0 Å². The molecule has 2 aromatic carbocycles. The van der Waals surface area contributed by atoms with Crippen molar-refractivity contribution in [3.8, 4) is 5.75 Å². The Morgan fingerprint density at radius 2 is 1.75 bits per heavy atom. The molecule has 0 N–H and O–H groups in total. The molecule has 0 saturated carbocycles. The number of methoxy groups -OCH3 is 1. The highest BCUT2D eigenvalue weighted by Gasteiger charge is 2.20. The zero-order chi connectivity index (χ0) is 14.9. The van der Waals surface area contributed by atoms with E-state index in [1.807, 2.05) is 0 Å². The zero-order valence-electron chi connectivity index (χ0n) is 10.8. The van der Waals surface area contributed by atoms with Gasteiger partial charge < -0.3 is 4.74 Å². The quantitative estimate of drug-likeness (QED) is 0.633. The van der Waals surface area contributed by atoms with Gasteiger partial charge in [-0.1, -0.05) is 12.1 Å². The third kappa shape index (κ3) is 2.39. The van der Waals surface area contributed by atoms with E-state index in [9.17, 15) is 18.0 Å². The summed E-state index contributed by atoms with van der Waals surface area (Å²) in [4.78, 5) is 12.1. The van der Waals surface area contributed by atoms with Gasteiger partial charge in [0, 0.05) is 5.56 Å². The summed E-state index contributed by atoms with van der Waals surface area (Å²) in [5.41, 5.74) is 0.418. The van der Waals surface area contributed by atoms with E-state index in [2.05, 4.69) is 0 Å². The van der Waals surface area contributed by atoms with E-state index in [-0.39, 0.29) is 5.56 Å². The molecule has 0 unspecified atom stereocenters. The van der Waals surface area contributed by atoms with Crippen LogP contribution in [0.15, 0.2) is 30.3 Å². The van der Waals surface area contributed by atoms with Gasteiger partial charge in [-0.2, -0.15) is 0 Å². The molecule has 2 rings (SSSR count). The fourth-order valence-electron chi connectivity index (χ4n) is 1.82. The van der Waals surface area contributed by atoms with E-state index in [0.717, 1.165) is 17.7 Å². The van der Waals surface area contributed by atoms with Gasteiger partial charge in [0.2, 0.25) is 0 Å². The molecule has 0 radical (unpaired) electrons. The second kappa shape index (κ2) is 5.36. The second-order valence-electron chi connectivity index (χ2n) is 4.24. The van der Waals surface area contributed by atoms with Gasteiger partial charge in [-0.3, -0.25) is 4.79 Å². The molecule has 0 aliphatic rings. The number of hydrogen-bond donors (Lipinski definition) is 0. The molecule has 0 aliphatic heterocycles. The molecule has 0 atom stereocenters. The van der Waals surface area contributed by atoms with Gasteiger partial charge in [-0.05, 0) is 30.7 Å². The first kappa shape index (κ1) is 14.1. The van der Waals surface area contributed by atoms with Crippen LogP contribution >= 0.6 is 0 Å². The second-order valence-corrected chi connectivity index (χ2v) is 4.24. The van der Waals surface area contributed by atoms with E-state index in [4.69, 9.17) is 4.74 Å². The molecule has 20 heavy (non-hydrogen) atoms. The summed E-state index contributed by atoms with van der Waals surface area (Å²) < 4.78 is 44.7. The Morgan fingerprint density at radius 1 is 1.05 bits per heavy atom. The normalized spacial score (nSPS) is 10.4. The first-order valence-corrected chi connectivity index (χ1v) is 5.78. The predicted molar refractivity (Wildman–Crippen MR) is 67.5 cm³/mol. The summed E-state index contributed by atoms with van der Waals surface area (Å²) in [6.07, 6.45) is 0. The van der Waals surface area contributed by atoms with Crippen LogP contribution in [0.4, 0.5) is 13.2 Å². The summed E-state index contributed by atoms with van der Waals surface area (Å²) >= 11 is 0. The highest BCUT2D eigenvalue weighted by Crippen LogP contribution is 2.23. The summed E-state index contributed by atoms with van der Waals surface area (Å²) in [5, 5.41) is 0. The zero-order valence-corrected chi connectivity index (χ0v) is 10.8. The minimum atomic E-state index is -1.66. The largest absolute Gasteiger partial charge is 0.496 e. The molecule has 5 heteroatoms. The molecule has 0 aliphatic carbocycles. The van der Waals surface area contributed by atoms with Gasteiger partial charge in [0.05, 0.1) is 12.7 Å². The number of carbonyl (C=O) groups is 1. The number of rotatable bonds is 3. The molecule has 2 aromatic rings. The Kier molecular flexibility index (Phi) is 3.79. The fourth-order valence-corrected chi connectivity index (χ4v) is 1.82. The number of benzene rings is 2. The van der Waals surface area contributed by atoms with Crippen LogP contribution in [0.2, 0.25) is 0 Å². The van der Waals surface area contributed by atoms with Gasteiger partial charge in [0.1, 0.15) is 5.75 Å². The Hall–Kier alpha value is -2.30. The lowest BCUT2D eigenvalue weighted by Gasteiger charge is -2.08. The molecule has 2 nitrogen and oxygen atoms in total. The lowest BCUT2D eigenvalue weighted by atomic mass is 10.0. The van der Waals surface area contributed by atoms with Crippen molar-refractivity contribution in [2.45, 2.75) is 6.92 Å². The molecule has 0 spiro atoms. The van der Waals surface area contributed by atoms with Crippen LogP contribution in [0, 0.1) is 24.4 Å². The van der Waals surface area contributed by atoms with Gasteiger partial charge >= 0.3 is 0 Å². The lowest BCUT2D eigenvalue weighted by molar-refractivity contribution is 0.103. The van der Waals surface area contributed by atoms with Crippen LogP contribution in [0.3, 0.4) is 0 Å². The molecule has 0 saturated heterocycles. The molecule has 104 valence electrons. The topological polar surface area (TPSA) is 26.3 Å². The van der Waals surface area contributed by atoms with Crippen LogP contribution in [-0.4, -0.2) is 12.9 Å². The first-order chi connectivity index (χ1) is 9.45. The van der Waals surface area contributed by atoms with Crippen LogP contribution in [-0.2, 0) is 0 Å². The molecular formula is C15H11F3O2. The number of halogens is 3. The van der Waals surface area contributed by atoms with E-state index in [0.29, 0.717) is 5.75 Å². The third-order valence-electron chi connectivity index (χ3n) is 2.95. The summed E-state index contributed by atoms with van der Waals surface area (Å²) in [7, 11) is 1.44. The average Bonchev–Trinajstić information content (AvgIpc) is 2.45. The monoisotopic (exact) mass is 280 g/mol. The number of hydrogen-bond acceptors (Lipinski definition) is 2. The summed E-state index contributed by atoms with van der Waals surface area (Å²) in [5.74, 6) is -4.76. The summed E-state index contributed by atoms with van der Waals surface area (Å²) in [6, 6.07) is 6.17. The lowest BCUT2D eigenvalue weighted by Crippen LogP contribution is -2.07. The van der Waals surface area contributed by atoms with Crippen molar-refractivity contribution in [3.63, 3.8) is 0 Å². The minimum absolute atomic E-state index is 0.136. The van der Waals surface area contributed by atoms with Crippen LogP contribution in [0.5, 0.6) is 5.75 Å². The smallest absolute Gasteiger partial charge is 0.196 e. The number of ether oxygens (including phenoxy) is 1. The van der Waals surface area contributed by atoms with Crippen molar-refractivity contribution in [1.29, 1.82) is 0 Å². The van der Waals surface area contributed by atoms with Gasteiger partial charge in [-0.15, -0.1) is 0 Å². The fraction of sp³-hybridized carbons (Fsp3) is 0.133. The Balaban J connectivity index is 2.49. The van der Waals surface area contributed by atoms with Crippen molar-refractivity contribution in [3.05, 3.63) is 64.5 Å². The van der Waals surface area contributed by atoms with E-state index in [1.165, 1.54) is 19.2 Å². The van der Waals surface area contributed by atoms with Crippen molar-refractivity contribution in [2.24, 2.45) is 0 Å². The highest BCUT2D eigenvalue weighted by molar-refractivity contribution is 6.09. The van der Waals surface area contributed by atoms with Crippen LogP contribution in [0.25, 0.3) is 0 Å². The predicted octanol–water partition coefficient (Wildman–Crippen LogP) is 3.65. The van der Waals surface area contributed by atoms with E-state index >= 15 is 0 Å². The molecule has 0 aromatic heterocycles. The maximum Gasteiger partial charge on any atom is 0.196 e.